The second kappa shape index (κ2) is 9.22. The molecular formula is C15H18ClFN2O2. The minimum Gasteiger partial charge on any atom is -0.394 e. The highest BCUT2D eigenvalue weighted by Crippen LogP contribution is 2.20. The molecule has 4 nitrogen and oxygen atoms in total. The van der Waals surface area contributed by atoms with Crippen LogP contribution >= 0.6 is 11.6 Å². The lowest BCUT2D eigenvalue weighted by atomic mass is 10.1. The van der Waals surface area contributed by atoms with Gasteiger partial charge in [0.2, 0.25) is 0 Å². The number of aliphatic hydroxyl groups is 1. The number of carbonyl (C=O) groups is 1. The average molecular weight is 313 g/mol. The van der Waals surface area contributed by atoms with Gasteiger partial charge in [0.05, 0.1) is 17.7 Å². The SMILES string of the molecule is C#CCCCCNC(=O)NC(CO)c1ccc(Cl)c(F)c1. The van der Waals surface area contributed by atoms with Gasteiger partial charge in [0.1, 0.15) is 5.82 Å². The molecule has 1 aromatic rings. The van der Waals surface area contributed by atoms with E-state index in [2.05, 4.69) is 16.6 Å². The number of hydrogen-bond acceptors (Lipinski definition) is 2. The molecule has 114 valence electrons. The number of benzene rings is 1. The molecule has 3 N–H and O–H groups in total. The van der Waals surface area contributed by atoms with Crippen molar-refractivity contribution < 1.29 is 14.3 Å². The van der Waals surface area contributed by atoms with Gasteiger partial charge in [0, 0.05) is 13.0 Å². The molecule has 21 heavy (non-hydrogen) atoms. The van der Waals surface area contributed by atoms with Crippen LogP contribution in [-0.4, -0.2) is 24.3 Å². The van der Waals surface area contributed by atoms with Crippen molar-refractivity contribution in [3.05, 3.63) is 34.6 Å². The maximum Gasteiger partial charge on any atom is 0.315 e. The number of nitrogens with one attached hydrogen (secondary N) is 2. The van der Waals surface area contributed by atoms with Crippen molar-refractivity contribution in [1.82, 2.24) is 10.6 Å². The molecule has 1 aromatic carbocycles. The Morgan fingerprint density at radius 2 is 2.24 bits per heavy atom. The first-order chi connectivity index (χ1) is 10.1. The molecule has 0 aromatic heterocycles. The number of aliphatic hydroxyl groups excluding tert-OH is 1. The van der Waals surface area contributed by atoms with Crippen molar-refractivity contribution in [3.8, 4) is 12.3 Å². The summed E-state index contributed by atoms with van der Waals surface area (Å²) >= 11 is 5.59. The fraction of sp³-hybridized carbons (Fsp3) is 0.400. The van der Waals surface area contributed by atoms with Gasteiger partial charge in [-0.3, -0.25) is 0 Å². The number of urea groups is 1. The summed E-state index contributed by atoms with van der Waals surface area (Å²) in [5.41, 5.74) is 0.446. The van der Waals surface area contributed by atoms with Gasteiger partial charge in [-0.25, -0.2) is 9.18 Å². The Hall–Kier alpha value is -1.77. The van der Waals surface area contributed by atoms with Gasteiger partial charge in [-0.1, -0.05) is 17.7 Å². The summed E-state index contributed by atoms with van der Waals surface area (Å²) in [5, 5.41) is 14.5. The van der Waals surface area contributed by atoms with Crippen LogP contribution in [0.4, 0.5) is 9.18 Å². The highest BCUT2D eigenvalue weighted by Gasteiger charge is 2.14. The molecule has 6 heteroatoms. The minimum absolute atomic E-state index is 0.00611. The van der Waals surface area contributed by atoms with E-state index in [0.717, 1.165) is 12.8 Å². The van der Waals surface area contributed by atoms with Gasteiger partial charge < -0.3 is 15.7 Å². The first kappa shape index (κ1) is 17.3. The van der Waals surface area contributed by atoms with Crippen molar-refractivity contribution in [2.24, 2.45) is 0 Å². The van der Waals surface area contributed by atoms with Crippen molar-refractivity contribution in [2.45, 2.75) is 25.3 Å². The number of carbonyl (C=O) groups excluding carboxylic acids is 1. The molecule has 1 atom stereocenters. The van der Waals surface area contributed by atoms with Gasteiger partial charge in [0.25, 0.3) is 0 Å². The van der Waals surface area contributed by atoms with E-state index in [-0.39, 0.29) is 11.6 Å². The fourth-order valence-corrected chi connectivity index (χ4v) is 1.84. The quantitative estimate of drug-likeness (QED) is 0.535. The standard InChI is InChI=1S/C15H18ClFN2O2/c1-2-3-4-5-8-18-15(21)19-14(10-20)11-6-7-12(16)13(17)9-11/h1,6-7,9,14,20H,3-5,8,10H2,(H2,18,19,21). The number of halogens is 2. The molecule has 0 bridgehead atoms. The van der Waals surface area contributed by atoms with E-state index >= 15 is 0 Å². The highest BCUT2D eigenvalue weighted by molar-refractivity contribution is 6.30. The Bertz CT molecular complexity index is 517. The molecule has 0 heterocycles. The minimum atomic E-state index is -0.692. The van der Waals surface area contributed by atoms with Crippen LogP contribution in [0.2, 0.25) is 5.02 Å². The lowest BCUT2D eigenvalue weighted by Crippen LogP contribution is -2.39. The summed E-state index contributed by atoms with van der Waals surface area (Å²) in [4.78, 5) is 11.7. The van der Waals surface area contributed by atoms with E-state index in [9.17, 15) is 14.3 Å². The zero-order chi connectivity index (χ0) is 15.7. The van der Waals surface area contributed by atoms with Crippen LogP contribution in [0.3, 0.4) is 0 Å². The molecular weight excluding hydrogens is 295 g/mol. The van der Waals surface area contributed by atoms with Gasteiger partial charge in [-0.15, -0.1) is 12.3 Å². The fourth-order valence-electron chi connectivity index (χ4n) is 1.73. The third-order valence-corrected chi connectivity index (χ3v) is 3.17. The molecule has 1 unspecified atom stereocenters. The number of hydrogen-bond donors (Lipinski definition) is 3. The first-order valence-electron chi connectivity index (χ1n) is 6.62. The predicted molar refractivity (Wildman–Crippen MR) is 80.5 cm³/mol. The highest BCUT2D eigenvalue weighted by atomic mass is 35.5. The largest absolute Gasteiger partial charge is 0.394 e. The number of unbranched alkanes of at least 4 members (excludes halogenated alkanes) is 2. The van der Waals surface area contributed by atoms with E-state index in [1.807, 2.05) is 0 Å². The van der Waals surface area contributed by atoms with Crippen molar-refractivity contribution >= 4 is 17.6 Å². The lowest BCUT2D eigenvalue weighted by Gasteiger charge is -2.17. The Morgan fingerprint density at radius 1 is 1.48 bits per heavy atom. The Morgan fingerprint density at radius 3 is 2.86 bits per heavy atom. The zero-order valence-corrected chi connectivity index (χ0v) is 12.3. The van der Waals surface area contributed by atoms with E-state index in [4.69, 9.17) is 18.0 Å². The molecule has 2 amide bonds. The zero-order valence-electron chi connectivity index (χ0n) is 11.5. The molecule has 0 radical (unpaired) electrons. The summed E-state index contributed by atoms with van der Waals surface area (Å²) in [6.45, 7) is 0.145. The second-order valence-electron chi connectivity index (χ2n) is 4.47. The van der Waals surface area contributed by atoms with Crippen LogP contribution in [-0.2, 0) is 0 Å². The molecule has 0 saturated carbocycles. The first-order valence-corrected chi connectivity index (χ1v) is 7.00. The van der Waals surface area contributed by atoms with E-state index in [1.54, 1.807) is 6.07 Å². The Labute approximate surface area is 128 Å². The Balaban J connectivity index is 2.48. The average Bonchev–Trinajstić information content (AvgIpc) is 2.47. The van der Waals surface area contributed by atoms with Gasteiger partial charge in [0.15, 0.2) is 0 Å². The molecule has 0 aliphatic rings. The molecule has 0 spiro atoms. The summed E-state index contributed by atoms with van der Waals surface area (Å²) in [6.07, 6.45) is 7.41. The summed E-state index contributed by atoms with van der Waals surface area (Å²) < 4.78 is 13.4. The molecule has 0 aliphatic heterocycles. The van der Waals surface area contributed by atoms with Crippen LogP contribution in [0.25, 0.3) is 0 Å². The third-order valence-electron chi connectivity index (χ3n) is 2.87. The summed E-state index contributed by atoms with van der Waals surface area (Å²) in [6, 6.07) is 3.01. The molecule has 0 fully saturated rings. The summed E-state index contributed by atoms with van der Waals surface area (Å²) in [5.74, 6) is 1.93. The van der Waals surface area contributed by atoms with Gasteiger partial charge >= 0.3 is 6.03 Å². The predicted octanol–water partition coefficient (Wildman–Crippen LogP) is 2.62. The van der Waals surface area contributed by atoms with Gasteiger partial charge in [-0.05, 0) is 30.5 Å². The number of terminal acetylenes is 1. The maximum atomic E-state index is 13.4. The van der Waals surface area contributed by atoms with E-state index < -0.39 is 17.9 Å². The topological polar surface area (TPSA) is 61.4 Å². The van der Waals surface area contributed by atoms with Crippen LogP contribution in [0.1, 0.15) is 30.9 Å². The van der Waals surface area contributed by atoms with Crippen LogP contribution in [0.15, 0.2) is 18.2 Å². The molecule has 0 saturated heterocycles. The molecule has 0 aliphatic carbocycles. The maximum absolute atomic E-state index is 13.4. The number of rotatable bonds is 7. The van der Waals surface area contributed by atoms with Crippen molar-refractivity contribution in [1.29, 1.82) is 0 Å². The lowest BCUT2D eigenvalue weighted by molar-refractivity contribution is 0.216. The number of amides is 2. The van der Waals surface area contributed by atoms with E-state index in [0.29, 0.717) is 18.5 Å². The normalized spacial score (nSPS) is 11.5. The van der Waals surface area contributed by atoms with Crippen LogP contribution in [0.5, 0.6) is 0 Å². The van der Waals surface area contributed by atoms with Crippen molar-refractivity contribution in [2.75, 3.05) is 13.2 Å². The smallest absolute Gasteiger partial charge is 0.315 e. The third kappa shape index (κ3) is 6.03. The second-order valence-corrected chi connectivity index (χ2v) is 4.88. The summed E-state index contributed by atoms with van der Waals surface area (Å²) in [7, 11) is 0. The molecule has 1 rings (SSSR count). The van der Waals surface area contributed by atoms with Crippen LogP contribution in [0, 0.1) is 18.2 Å². The van der Waals surface area contributed by atoms with Crippen molar-refractivity contribution in [3.63, 3.8) is 0 Å². The van der Waals surface area contributed by atoms with Gasteiger partial charge in [-0.2, -0.15) is 0 Å². The van der Waals surface area contributed by atoms with E-state index in [1.165, 1.54) is 12.1 Å². The monoisotopic (exact) mass is 312 g/mol. The van der Waals surface area contributed by atoms with Crippen LogP contribution < -0.4 is 10.6 Å². The Kier molecular flexibility index (Phi) is 7.59.